The van der Waals surface area contributed by atoms with E-state index in [1.807, 2.05) is 13.8 Å². The number of carbonyl (C=O) groups excluding carboxylic acids is 4. The molecule has 2 N–H and O–H groups in total. The first-order valence-corrected chi connectivity index (χ1v) is 11.0. The Morgan fingerprint density at radius 3 is 2.42 bits per heavy atom. The van der Waals surface area contributed by atoms with E-state index in [0.29, 0.717) is 17.0 Å². The van der Waals surface area contributed by atoms with Crippen molar-refractivity contribution in [2.75, 3.05) is 16.8 Å². The predicted molar refractivity (Wildman–Crippen MR) is 132 cm³/mol. The number of benzene rings is 3. The van der Waals surface area contributed by atoms with E-state index in [-0.39, 0.29) is 17.9 Å². The molecule has 0 aromatic heterocycles. The molecule has 0 atom stereocenters. The molecule has 1 heterocycles. The zero-order valence-corrected chi connectivity index (χ0v) is 19.5. The second-order valence-electron chi connectivity index (χ2n) is 8.11. The number of anilines is 2. The van der Waals surface area contributed by atoms with E-state index in [1.54, 1.807) is 48.5 Å². The summed E-state index contributed by atoms with van der Waals surface area (Å²) in [6.45, 7) is 3.43. The average molecular weight is 487 g/mol. The van der Waals surface area contributed by atoms with Crippen LogP contribution in [0.15, 0.2) is 72.3 Å². The van der Waals surface area contributed by atoms with Crippen molar-refractivity contribution in [1.82, 2.24) is 5.32 Å². The molecule has 3 aromatic carbocycles. The van der Waals surface area contributed by atoms with E-state index in [1.165, 1.54) is 24.3 Å². The summed E-state index contributed by atoms with van der Waals surface area (Å²) in [6.07, 6.45) is 1.37. The second kappa shape index (κ2) is 10.2. The number of hydrogen-bond donors (Lipinski definition) is 2. The topological polar surface area (TPSA) is 105 Å². The van der Waals surface area contributed by atoms with Gasteiger partial charge in [0.25, 0.3) is 17.7 Å². The number of aryl methyl sites for hydroxylation is 2. The molecule has 9 heteroatoms. The fourth-order valence-electron chi connectivity index (χ4n) is 3.48. The summed E-state index contributed by atoms with van der Waals surface area (Å²) in [6, 6.07) is 16.4. The first-order valence-electron chi connectivity index (χ1n) is 11.0. The fourth-order valence-corrected chi connectivity index (χ4v) is 3.48. The van der Waals surface area contributed by atoms with E-state index >= 15 is 0 Å². The van der Waals surface area contributed by atoms with Crippen LogP contribution in [0.3, 0.4) is 0 Å². The van der Waals surface area contributed by atoms with Crippen LogP contribution < -0.4 is 20.3 Å². The molecule has 1 aliphatic heterocycles. The lowest BCUT2D eigenvalue weighted by molar-refractivity contribution is -0.122. The summed E-state index contributed by atoms with van der Waals surface area (Å²) in [5.74, 6) is -2.27. The SMILES string of the molecule is Cc1ccc(N2C(=O)NC(=O)/C(=C/c3ccc(OCC(=O)Nc4ccccc4F)cc3)C2=O)cc1C. The summed E-state index contributed by atoms with van der Waals surface area (Å²) < 4.78 is 19.1. The molecule has 1 saturated heterocycles. The highest BCUT2D eigenvalue weighted by atomic mass is 19.1. The maximum Gasteiger partial charge on any atom is 0.335 e. The van der Waals surface area contributed by atoms with Crippen molar-refractivity contribution in [2.45, 2.75) is 13.8 Å². The Kier molecular flexibility index (Phi) is 6.91. The van der Waals surface area contributed by atoms with Crippen molar-refractivity contribution in [3.8, 4) is 5.75 Å². The highest BCUT2D eigenvalue weighted by molar-refractivity contribution is 6.39. The molecule has 36 heavy (non-hydrogen) atoms. The van der Waals surface area contributed by atoms with Gasteiger partial charge in [0.2, 0.25) is 0 Å². The number of nitrogens with zero attached hydrogens (tertiary/aromatic N) is 1. The van der Waals surface area contributed by atoms with E-state index in [0.717, 1.165) is 16.0 Å². The highest BCUT2D eigenvalue weighted by Crippen LogP contribution is 2.24. The molecule has 8 nitrogen and oxygen atoms in total. The minimum absolute atomic E-state index is 0.0526. The Labute approximate surface area is 206 Å². The van der Waals surface area contributed by atoms with Crippen LogP contribution in [-0.2, 0) is 14.4 Å². The molecule has 0 unspecified atom stereocenters. The van der Waals surface area contributed by atoms with Crippen molar-refractivity contribution in [3.05, 3.63) is 94.8 Å². The number of carbonyl (C=O) groups is 4. The zero-order valence-electron chi connectivity index (χ0n) is 19.5. The van der Waals surface area contributed by atoms with Crippen LogP contribution in [0.5, 0.6) is 5.75 Å². The average Bonchev–Trinajstić information content (AvgIpc) is 2.85. The van der Waals surface area contributed by atoms with E-state index < -0.39 is 29.6 Å². The normalized spacial score (nSPS) is 14.6. The van der Waals surface area contributed by atoms with Gasteiger partial charge in [-0.05, 0) is 73.0 Å². The van der Waals surface area contributed by atoms with Crippen LogP contribution in [0, 0.1) is 19.7 Å². The Morgan fingerprint density at radius 1 is 1.00 bits per heavy atom. The number of urea groups is 1. The summed E-state index contributed by atoms with van der Waals surface area (Å²) >= 11 is 0. The number of barbiturate groups is 1. The number of hydrogen-bond acceptors (Lipinski definition) is 5. The lowest BCUT2D eigenvalue weighted by Crippen LogP contribution is -2.54. The summed E-state index contributed by atoms with van der Waals surface area (Å²) in [5.41, 5.74) is 2.61. The fraction of sp³-hybridized carbons (Fsp3) is 0.111. The molecule has 3 aromatic rings. The largest absolute Gasteiger partial charge is 0.484 e. The second-order valence-corrected chi connectivity index (χ2v) is 8.11. The van der Waals surface area contributed by atoms with Crippen LogP contribution in [0.25, 0.3) is 6.08 Å². The molecule has 5 amide bonds. The Morgan fingerprint density at radius 2 is 1.72 bits per heavy atom. The predicted octanol–water partition coefficient (Wildman–Crippen LogP) is 4.13. The molecule has 1 fully saturated rings. The summed E-state index contributed by atoms with van der Waals surface area (Å²) in [4.78, 5) is 50.8. The minimum Gasteiger partial charge on any atom is -0.484 e. The Bertz CT molecular complexity index is 1400. The Balaban J connectivity index is 1.45. The van der Waals surface area contributed by atoms with Gasteiger partial charge >= 0.3 is 6.03 Å². The number of rotatable bonds is 6. The van der Waals surface area contributed by atoms with Crippen molar-refractivity contribution < 1.29 is 28.3 Å². The van der Waals surface area contributed by atoms with Crippen molar-refractivity contribution >= 4 is 41.2 Å². The van der Waals surface area contributed by atoms with Crippen molar-refractivity contribution in [3.63, 3.8) is 0 Å². The van der Waals surface area contributed by atoms with Gasteiger partial charge < -0.3 is 10.1 Å². The lowest BCUT2D eigenvalue weighted by atomic mass is 10.1. The van der Waals surface area contributed by atoms with Gasteiger partial charge in [0.1, 0.15) is 17.1 Å². The van der Waals surface area contributed by atoms with Crippen LogP contribution in [0.2, 0.25) is 0 Å². The lowest BCUT2D eigenvalue weighted by Gasteiger charge is -2.26. The number of amides is 5. The first-order chi connectivity index (χ1) is 17.2. The van der Waals surface area contributed by atoms with Crippen molar-refractivity contribution in [2.24, 2.45) is 0 Å². The van der Waals surface area contributed by atoms with Gasteiger partial charge in [-0.3, -0.25) is 19.7 Å². The smallest absolute Gasteiger partial charge is 0.335 e. The highest BCUT2D eigenvalue weighted by Gasteiger charge is 2.36. The standard InChI is InChI=1S/C27H22FN3O5/c1-16-7-10-19(13-17(16)2)31-26(34)21(25(33)30-27(31)35)14-18-8-11-20(12-9-18)36-15-24(32)29-23-6-4-3-5-22(23)28/h3-14H,15H2,1-2H3,(H,29,32)(H,30,33,35)/b21-14-. The minimum atomic E-state index is -0.817. The number of nitrogens with one attached hydrogen (secondary N) is 2. The van der Waals surface area contributed by atoms with E-state index in [4.69, 9.17) is 4.74 Å². The molecule has 0 radical (unpaired) electrons. The van der Waals surface area contributed by atoms with Gasteiger partial charge in [0.15, 0.2) is 6.61 Å². The number of imide groups is 2. The van der Waals surface area contributed by atoms with Gasteiger partial charge in [-0.25, -0.2) is 14.1 Å². The van der Waals surface area contributed by atoms with Gasteiger partial charge in [-0.1, -0.05) is 30.3 Å². The van der Waals surface area contributed by atoms with Gasteiger partial charge in [-0.2, -0.15) is 0 Å². The molecule has 4 rings (SSSR count). The number of halogens is 1. The molecule has 182 valence electrons. The van der Waals surface area contributed by atoms with Crippen LogP contribution in [0.1, 0.15) is 16.7 Å². The number of ether oxygens (including phenoxy) is 1. The molecule has 0 bridgehead atoms. The van der Waals surface area contributed by atoms with Gasteiger partial charge in [0.05, 0.1) is 11.4 Å². The van der Waals surface area contributed by atoms with Crippen LogP contribution >= 0.6 is 0 Å². The van der Waals surface area contributed by atoms with E-state index in [9.17, 15) is 23.6 Å². The van der Waals surface area contributed by atoms with Crippen molar-refractivity contribution in [1.29, 1.82) is 0 Å². The van der Waals surface area contributed by atoms with E-state index in [2.05, 4.69) is 10.6 Å². The number of para-hydroxylation sites is 1. The van der Waals surface area contributed by atoms with Gasteiger partial charge in [0, 0.05) is 0 Å². The third-order valence-corrected chi connectivity index (χ3v) is 5.56. The van der Waals surface area contributed by atoms with Gasteiger partial charge in [-0.15, -0.1) is 0 Å². The first kappa shape index (κ1) is 24.3. The summed E-state index contributed by atoms with van der Waals surface area (Å²) in [7, 11) is 0. The molecule has 1 aliphatic rings. The molecule has 0 aliphatic carbocycles. The Hall–Kier alpha value is -4.79. The zero-order chi connectivity index (χ0) is 25.8. The maximum absolute atomic E-state index is 13.6. The third kappa shape index (κ3) is 5.30. The monoisotopic (exact) mass is 487 g/mol. The molecular weight excluding hydrogens is 465 g/mol. The summed E-state index contributed by atoms with van der Waals surface area (Å²) in [5, 5.41) is 4.61. The maximum atomic E-state index is 13.6. The van der Waals surface area contributed by atoms with Crippen LogP contribution in [-0.4, -0.2) is 30.4 Å². The third-order valence-electron chi connectivity index (χ3n) is 5.56. The quantitative estimate of drug-likeness (QED) is 0.402. The van der Waals surface area contributed by atoms with Crippen LogP contribution in [0.4, 0.5) is 20.6 Å². The molecule has 0 saturated carbocycles. The molecule has 0 spiro atoms. The molecular formula is C27H22FN3O5.